The number of benzene rings is 1. The smallest absolute Gasteiger partial charge is 0.228 e. The van der Waals surface area contributed by atoms with Crippen molar-refractivity contribution in [2.24, 2.45) is 5.92 Å². The summed E-state index contributed by atoms with van der Waals surface area (Å²) in [6.45, 7) is 3.89. The van der Waals surface area contributed by atoms with Gasteiger partial charge >= 0.3 is 0 Å². The Morgan fingerprint density at radius 2 is 2.28 bits per heavy atom. The standard InChI is InChI=1S/C14H19ClN2O/c1-10-5-6-12(15)8-13(10)16-14(18)11-4-3-7-17(2)9-11/h5-6,8,11H,3-4,7,9H2,1-2H3,(H,16,18)/t11-/m0/s1. The van der Waals surface area contributed by atoms with Gasteiger partial charge in [-0.3, -0.25) is 4.79 Å². The van der Waals surface area contributed by atoms with Gasteiger partial charge in [-0.25, -0.2) is 0 Å². The summed E-state index contributed by atoms with van der Waals surface area (Å²) in [7, 11) is 2.06. The zero-order chi connectivity index (χ0) is 13.1. The number of carbonyl (C=O) groups excluding carboxylic acids is 1. The Bertz CT molecular complexity index is 447. The fourth-order valence-electron chi connectivity index (χ4n) is 2.34. The monoisotopic (exact) mass is 266 g/mol. The van der Waals surface area contributed by atoms with Crippen molar-refractivity contribution >= 4 is 23.2 Å². The van der Waals surface area contributed by atoms with Crippen molar-refractivity contribution < 1.29 is 4.79 Å². The Morgan fingerprint density at radius 3 is 3.00 bits per heavy atom. The second-order valence-electron chi connectivity index (χ2n) is 5.05. The number of hydrogen-bond acceptors (Lipinski definition) is 2. The van der Waals surface area contributed by atoms with E-state index in [-0.39, 0.29) is 11.8 Å². The second kappa shape index (κ2) is 5.72. The Morgan fingerprint density at radius 1 is 1.50 bits per heavy atom. The first-order valence-electron chi connectivity index (χ1n) is 6.32. The SMILES string of the molecule is Cc1ccc(Cl)cc1NC(=O)[C@H]1CCCN(C)C1. The summed E-state index contributed by atoms with van der Waals surface area (Å²) in [6, 6.07) is 5.56. The van der Waals surface area contributed by atoms with Crippen molar-refractivity contribution in [3.8, 4) is 0 Å². The lowest BCUT2D eigenvalue weighted by Crippen LogP contribution is -2.38. The van der Waals surface area contributed by atoms with E-state index in [0.717, 1.165) is 37.2 Å². The predicted octanol–water partition coefficient (Wildman–Crippen LogP) is 2.93. The van der Waals surface area contributed by atoms with Gasteiger partial charge in [0.25, 0.3) is 0 Å². The number of hydrogen-bond donors (Lipinski definition) is 1. The number of piperidine rings is 1. The topological polar surface area (TPSA) is 32.3 Å². The van der Waals surface area contributed by atoms with Crippen LogP contribution in [0.3, 0.4) is 0 Å². The van der Waals surface area contributed by atoms with Crippen molar-refractivity contribution in [3.63, 3.8) is 0 Å². The Labute approximate surface area is 113 Å². The molecule has 0 radical (unpaired) electrons. The highest BCUT2D eigenvalue weighted by molar-refractivity contribution is 6.31. The lowest BCUT2D eigenvalue weighted by Gasteiger charge is -2.28. The maximum Gasteiger partial charge on any atom is 0.228 e. The minimum atomic E-state index is 0.0853. The molecule has 1 aromatic carbocycles. The zero-order valence-corrected chi connectivity index (χ0v) is 11.6. The van der Waals surface area contributed by atoms with Gasteiger partial charge in [-0.15, -0.1) is 0 Å². The van der Waals surface area contributed by atoms with E-state index in [0.29, 0.717) is 5.02 Å². The number of nitrogens with one attached hydrogen (secondary N) is 1. The summed E-state index contributed by atoms with van der Waals surface area (Å²) in [4.78, 5) is 14.4. The summed E-state index contributed by atoms with van der Waals surface area (Å²) in [5.41, 5.74) is 1.86. The third-order valence-corrected chi connectivity index (χ3v) is 3.69. The summed E-state index contributed by atoms with van der Waals surface area (Å²) in [5, 5.41) is 3.64. The van der Waals surface area contributed by atoms with Crippen LogP contribution in [0.5, 0.6) is 0 Å². The van der Waals surface area contributed by atoms with Crippen LogP contribution in [0.1, 0.15) is 18.4 Å². The molecule has 0 spiro atoms. The number of carbonyl (C=O) groups is 1. The molecule has 1 fully saturated rings. The second-order valence-corrected chi connectivity index (χ2v) is 5.49. The average Bonchev–Trinajstić information content (AvgIpc) is 2.34. The van der Waals surface area contributed by atoms with Crippen molar-refractivity contribution in [2.45, 2.75) is 19.8 Å². The van der Waals surface area contributed by atoms with Crippen molar-refractivity contribution in [3.05, 3.63) is 28.8 Å². The molecule has 1 atom stereocenters. The van der Waals surface area contributed by atoms with Crippen LogP contribution in [0.4, 0.5) is 5.69 Å². The van der Waals surface area contributed by atoms with Crippen LogP contribution >= 0.6 is 11.6 Å². The molecule has 1 N–H and O–H groups in total. The predicted molar refractivity (Wildman–Crippen MR) is 75.0 cm³/mol. The van der Waals surface area contributed by atoms with Gasteiger partial charge in [-0.05, 0) is 51.1 Å². The maximum atomic E-state index is 12.2. The summed E-state index contributed by atoms with van der Waals surface area (Å²) in [5.74, 6) is 0.189. The third-order valence-electron chi connectivity index (χ3n) is 3.45. The van der Waals surface area contributed by atoms with Gasteiger partial charge in [0.1, 0.15) is 0 Å². The summed E-state index contributed by atoms with van der Waals surface area (Å²) >= 11 is 5.95. The average molecular weight is 267 g/mol. The molecule has 3 nitrogen and oxygen atoms in total. The first-order valence-corrected chi connectivity index (χ1v) is 6.69. The first-order chi connectivity index (χ1) is 8.56. The van der Waals surface area contributed by atoms with Crippen LogP contribution in [0.15, 0.2) is 18.2 Å². The molecule has 0 unspecified atom stereocenters. The molecule has 1 saturated heterocycles. The third kappa shape index (κ3) is 3.24. The van der Waals surface area contributed by atoms with Gasteiger partial charge in [0.15, 0.2) is 0 Å². The molecule has 1 aromatic rings. The van der Waals surface area contributed by atoms with Crippen molar-refractivity contribution in [1.29, 1.82) is 0 Å². The van der Waals surface area contributed by atoms with E-state index in [1.54, 1.807) is 6.07 Å². The molecule has 1 heterocycles. The van der Waals surface area contributed by atoms with E-state index >= 15 is 0 Å². The summed E-state index contributed by atoms with van der Waals surface area (Å²) < 4.78 is 0. The quantitative estimate of drug-likeness (QED) is 0.893. The van der Waals surface area contributed by atoms with E-state index in [2.05, 4.69) is 17.3 Å². The van der Waals surface area contributed by atoms with Crippen LogP contribution in [-0.4, -0.2) is 30.9 Å². The van der Waals surface area contributed by atoms with Crippen LogP contribution in [0, 0.1) is 12.8 Å². The molecule has 1 aliphatic heterocycles. The number of nitrogens with zero attached hydrogens (tertiary/aromatic N) is 1. The van der Waals surface area contributed by atoms with Gasteiger partial charge in [0.2, 0.25) is 5.91 Å². The number of halogens is 1. The van der Waals surface area contributed by atoms with E-state index in [4.69, 9.17) is 11.6 Å². The zero-order valence-electron chi connectivity index (χ0n) is 10.9. The fraction of sp³-hybridized carbons (Fsp3) is 0.500. The van der Waals surface area contributed by atoms with Crippen molar-refractivity contribution in [1.82, 2.24) is 4.90 Å². The molecular formula is C14H19ClN2O. The molecule has 2 rings (SSSR count). The van der Waals surface area contributed by atoms with Crippen LogP contribution < -0.4 is 5.32 Å². The molecule has 1 aliphatic rings. The van der Waals surface area contributed by atoms with E-state index in [1.807, 2.05) is 19.1 Å². The minimum absolute atomic E-state index is 0.0853. The molecule has 98 valence electrons. The van der Waals surface area contributed by atoms with Gasteiger partial charge in [0.05, 0.1) is 5.92 Å². The first kappa shape index (κ1) is 13.4. The molecule has 4 heteroatoms. The normalized spacial score (nSPS) is 20.7. The summed E-state index contributed by atoms with van der Waals surface area (Å²) in [6.07, 6.45) is 2.05. The lowest BCUT2D eigenvalue weighted by atomic mass is 9.97. The molecule has 0 bridgehead atoms. The number of rotatable bonds is 2. The van der Waals surface area contributed by atoms with Gasteiger partial charge in [0, 0.05) is 17.3 Å². The van der Waals surface area contributed by atoms with E-state index in [1.165, 1.54) is 0 Å². The van der Waals surface area contributed by atoms with Crippen LogP contribution in [-0.2, 0) is 4.79 Å². The van der Waals surface area contributed by atoms with Crippen LogP contribution in [0.2, 0.25) is 5.02 Å². The number of amides is 1. The van der Waals surface area contributed by atoms with E-state index < -0.39 is 0 Å². The number of likely N-dealkylation sites (tertiary alicyclic amines) is 1. The Hall–Kier alpha value is -1.06. The maximum absolute atomic E-state index is 12.2. The lowest BCUT2D eigenvalue weighted by molar-refractivity contribution is -0.121. The highest BCUT2D eigenvalue weighted by Gasteiger charge is 2.24. The largest absolute Gasteiger partial charge is 0.326 e. The fourth-order valence-corrected chi connectivity index (χ4v) is 2.52. The van der Waals surface area contributed by atoms with Gasteiger partial charge in [-0.2, -0.15) is 0 Å². The molecular weight excluding hydrogens is 248 g/mol. The minimum Gasteiger partial charge on any atom is -0.326 e. The molecule has 0 aromatic heterocycles. The highest BCUT2D eigenvalue weighted by Crippen LogP contribution is 2.22. The molecule has 0 saturated carbocycles. The Balaban J connectivity index is 2.04. The highest BCUT2D eigenvalue weighted by atomic mass is 35.5. The van der Waals surface area contributed by atoms with Gasteiger partial charge < -0.3 is 10.2 Å². The van der Waals surface area contributed by atoms with Crippen LogP contribution in [0.25, 0.3) is 0 Å². The molecule has 0 aliphatic carbocycles. The number of anilines is 1. The van der Waals surface area contributed by atoms with E-state index in [9.17, 15) is 4.79 Å². The van der Waals surface area contributed by atoms with Crippen molar-refractivity contribution in [2.75, 3.05) is 25.5 Å². The Kier molecular flexibility index (Phi) is 4.25. The molecule has 1 amide bonds. The molecule has 18 heavy (non-hydrogen) atoms. The van der Waals surface area contributed by atoms with Gasteiger partial charge in [-0.1, -0.05) is 17.7 Å². The number of aryl methyl sites for hydroxylation is 1.